The lowest BCUT2D eigenvalue weighted by atomic mass is 10.1. The minimum Gasteiger partial charge on any atom is -0.495 e. The highest BCUT2D eigenvalue weighted by Gasteiger charge is 2.24. The largest absolute Gasteiger partial charge is 0.495 e. The average molecular weight is 165 g/mol. The van der Waals surface area contributed by atoms with Crippen LogP contribution < -0.4 is 0 Å². The quantitative estimate of drug-likeness (QED) is 0.663. The Kier molecular flexibility index (Phi) is 1.73. The SMILES string of the molecule is COC1=CCC2=C1N=C(CO)C2. The van der Waals surface area contributed by atoms with Gasteiger partial charge in [0.05, 0.1) is 13.7 Å². The van der Waals surface area contributed by atoms with Crippen molar-refractivity contribution in [2.45, 2.75) is 12.8 Å². The van der Waals surface area contributed by atoms with Crippen molar-refractivity contribution in [3.63, 3.8) is 0 Å². The van der Waals surface area contributed by atoms with Gasteiger partial charge in [0.1, 0.15) is 11.5 Å². The fourth-order valence-electron chi connectivity index (χ4n) is 1.59. The van der Waals surface area contributed by atoms with Crippen molar-refractivity contribution >= 4 is 5.71 Å². The van der Waals surface area contributed by atoms with Crippen LogP contribution in [-0.2, 0) is 4.74 Å². The van der Waals surface area contributed by atoms with Gasteiger partial charge in [-0.2, -0.15) is 0 Å². The number of methoxy groups -OCH3 is 1. The van der Waals surface area contributed by atoms with Gasteiger partial charge in [-0.3, -0.25) is 4.99 Å². The lowest BCUT2D eigenvalue weighted by Gasteiger charge is -2.00. The molecule has 3 nitrogen and oxygen atoms in total. The molecule has 0 radical (unpaired) electrons. The second-order valence-corrected chi connectivity index (χ2v) is 2.94. The molecule has 1 N–H and O–H groups in total. The van der Waals surface area contributed by atoms with E-state index in [-0.39, 0.29) is 6.61 Å². The third kappa shape index (κ3) is 0.975. The molecule has 0 spiro atoms. The van der Waals surface area contributed by atoms with Gasteiger partial charge in [0.25, 0.3) is 0 Å². The number of hydrogen-bond donors (Lipinski definition) is 1. The summed E-state index contributed by atoms with van der Waals surface area (Å²) in [5.41, 5.74) is 3.07. The minimum absolute atomic E-state index is 0.0595. The van der Waals surface area contributed by atoms with Crippen LogP contribution in [0.25, 0.3) is 0 Å². The summed E-state index contributed by atoms with van der Waals surface area (Å²) >= 11 is 0. The summed E-state index contributed by atoms with van der Waals surface area (Å²) in [6, 6.07) is 0. The zero-order valence-corrected chi connectivity index (χ0v) is 7.00. The Balaban J connectivity index is 2.23. The van der Waals surface area contributed by atoms with Gasteiger partial charge < -0.3 is 9.84 Å². The van der Waals surface area contributed by atoms with Crippen LogP contribution in [-0.4, -0.2) is 24.5 Å². The highest BCUT2D eigenvalue weighted by Crippen LogP contribution is 2.34. The Morgan fingerprint density at radius 1 is 1.67 bits per heavy atom. The van der Waals surface area contributed by atoms with E-state index in [0.717, 1.165) is 30.0 Å². The monoisotopic (exact) mass is 165 g/mol. The van der Waals surface area contributed by atoms with E-state index in [1.165, 1.54) is 5.57 Å². The van der Waals surface area contributed by atoms with E-state index in [1.807, 2.05) is 6.08 Å². The van der Waals surface area contributed by atoms with Crippen LogP contribution in [0.15, 0.2) is 28.1 Å². The van der Waals surface area contributed by atoms with Gasteiger partial charge in [0.15, 0.2) is 0 Å². The van der Waals surface area contributed by atoms with Gasteiger partial charge in [-0.25, -0.2) is 0 Å². The van der Waals surface area contributed by atoms with Gasteiger partial charge in [-0.15, -0.1) is 0 Å². The Morgan fingerprint density at radius 3 is 3.17 bits per heavy atom. The molecule has 0 bridgehead atoms. The van der Waals surface area contributed by atoms with Crippen molar-refractivity contribution in [1.29, 1.82) is 0 Å². The van der Waals surface area contributed by atoms with Gasteiger partial charge in [0.2, 0.25) is 0 Å². The van der Waals surface area contributed by atoms with E-state index in [2.05, 4.69) is 4.99 Å². The summed E-state index contributed by atoms with van der Waals surface area (Å²) < 4.78 is 5.13. The number of rotatable bonds is 2. The molecule has 0 aromatic rings. The van der Waals surface area contributed by atoms with Gasteiger partial charge >= 0.3 is 0 Å². The summed E-state index contributed by atoms with van der Waals surface area (Å²) in [6.45, 7) is 0.0595. The normalized spacial score (nSPS) is 20.8. The van der Waals surface area contributed by atoms with Crippen molar-refractivity contribution in [3.8, 4) is 0 Å². The molecule has 1 heterocycles. The van der Waals surface area contributed by atoms with E-state index in [0.29, 0.717) is 0 Å². The van der Waals surface area contributed by atoms with E-state index < -0.39 is 0 Å². The van der Waals surface area contributed by atoms with Crippen LogP contribution in [0.2, 0.25) is 0 Å². The van der Waals surface area contributed by atoms with E-state index in [1.54, 1.807) is 7.11 Å². The predicted molar refractivity (Wildman–Crippen MR) is 45.9 cm³/mol. The van der Waals surface area contributed by atoms with Gasteiger partial charge in [-0.1, -0.05) is 0 Å². The number of aliphatic imine (C=N–C) groups is 1. The van der Waals surface area contributed by atoms with Crippen molar-refractivity contribution in [1.82, 2.24) is 0 Å². The average Bonchev–Trinajstić information content (AvgIpc) is 2.61. The molecule has 0 saturated heterocycles. The first-order chi connectivity index (χ1) is 5.85. The molecular weight excluding hydrogens is 154 g/mol. The van der Waals surface area contributed by atoms with Crippen molar-refractivity contribution in [3.05, 3.63) is 23.1 Å². The molecule has 0 amide bonds. The maximum Gasteiger partial charge on any atom is 0.140 e. The summed E-state index contributed by atoms with van der Waals surface area (Å²) in [4.78, 5) is 4.27. The molecule has 0 unspecified atom stereocenters. The highest BCUT2D eigenvalue weighted by molar-refractivity contribution is 5.92. The molecule has 0 fully saturated rings. The van der Waals surface area contributed by atoms with Crippen LogP contribution in [0.5, 0.6) is 0 Å². The molecule has 0 aromatic heterocycles. The first kappa shape index (κ1) is 7.55. The number of aliphatic hydroxyl groups is 1. The smallest absolute Gasteiger partial charge is 0.140 e. The molecule has 2 aliphatic rings. The van der Waals surface area contributed by atoms with Crippen LogP contribution in [0.1, 0.15) is 12.8 Å². The van der Waals surface area contributed by atoms with Crippen LogP contribution in [0.4, 0.5) is 0 Å². The maximum atomic E-state index is 8.86. The van der Waals surface area contributed by atoms with E-state index in [4.69, 9.17) is 9.84 Å². The second kappa shape index (κ2) is 2.75. The molecular formula is C9H11NO2. The number of allylic oxidation sites excluding steroid dienone is 2. The summed E-state index contributed by atoms with van der Waals surface area (Å²) in [5, 5.41) is 8.86. The molecule has 0 aromatic carbocycles. The molecule has 0 atom stereocenters. The number of nitrogens with zero attached hydrogens (tertiary/aromatic N) is 1. The number of ether oxygens (including phenoxy) is 1. The molecule has 0 saturated carbocycles. The van der Waals surface area contributed by atoms with Crippen molar-refractivity contribution in [2.24, 2.45) is 4.99 Å². The Hall–Kier alpha value is -1.09. The molecule has 64 valence electrons. The zero-order chi connectivity index (χ0) is 8.55. The molecule has 1 aliphatic heterocycles. The maximum absolute atomic E-state index is 8.86. The second-order valence-electron chi connectivity index (χ2n) is 2.94. The predicted octanol–water partition coefficient (Wildman–Crippen LogP) is 1.01. The van der Waals surface area contributed by atoms with Gasteiger partial charge in [0, 0.05) is 12.1 Å². The number of aliphatic hydroxyl groups excluding tert-OH is 1. The number of hydrogen-bond acceptors (Lipinski definition) is 3. The summed E-state index contributed by atoms with van der Waals surface area (Å²) in [7, 11) is 1.65. The Bertz CT molecular complexity index is 300. The van der Waals surface area contributed by atoms with Crippen LogP contribution in [0.3, 0.4) is 0 Å². The van der Waals surface area contributed by atoms with Crippen molar-refractivity contribution < 1.29 is 9.84 Å². The summed E-state index contributed by atoms with van der Waals surface area (Å²) in [6.07, 6.45) is 3.77. The fourth-order valence-corrected chi connectivity index (χ4v) is 1.59. The third-order valence-corrected chi connectivity index (χ3v) is 2.19. The Morgan fingerprint density at radius 2 is 2.50 bits per heavy atom. The van der Waals surface area contributed by atoms with Crippen LogP contribution in [0, 0.1) is 0 Å². The lowest BCUT2D eigenvalue weighted by molar-refractivity contribution is 0.301. The zero-order valence-electron chi connectivity index (χ0n) is 7.00. The third-order valence-electron chi connectivity index (χ3n) is 2.19. The lowest BCUT2D eigenvalue weighted by Crippen LogP contribution is -2.01. The van der Waals surface area contributed by atoms with Crippen molar-refractivity contribution in [2.75, 3.05) is 13.7 Å². The molecule has 1 aliphatic carbocycles. The first-order valence-corrected chi connectivity index (χ1v) is 3.99. The Labute approximate surface area is 71.1 Å². The standard InChI is InChI=1S/C9H11NO2/c1-12-8-3-2-6-4-7(5-11)10-9(6)8/h3,11H,2,4-5H2,1H3. The molecule has 12 heavy (non-hydrogen) atoms. The van der Waals surface area contributed by atoms with Crippen LogP contribution >= 0.6 is 0 Å². The topological polar surface area (TPSA) is 41.8 Å². The highest BCUT2D eigenvalue weighted by atomic mass is 16.5. The molecule has 3 heteroatoms. The summed E-state index contributed by atoms with van der Waals surface area (Å²) in [5.74, 6) is 0.855. The fraction of sp³-hybridized carbons (Fsp3) is 0.444. The van der Waals surface area contributed by atoms with Gasteiger partial charge in [-0.05, 0) is 18.1 Å². The molecule has 2 rings (SSSR count). The first-order valence-electron chi connectivity index (χ1n) is 3.99. The minimum atomic E-state index is 0.0595. The van der Waals surface area contributed by atoms with E-state index in [9.17, 15) is 0 Å². The van der Waals surface area contributed by atoms with E-state index >= 15 is 0 Å².